The maximum atomic E-state index is 13.7. The van der Waals surface area contributed by atoms with E-state index in [4.69, 9.17) is 4.74 Å². The zero-order valence-electron chi connectivity index (χ0n) is 12.9. The Morgan fingerprint density at radius 1 is 1.39 bits per heavy atom. The van der Waals surface area contributed by atoms with Gasteiger partial charge in [0.1, 0.15) is 5.82 Å². The molecule has 0 saturated carbocycles. The predicted molar refractivity (Wildman–Crippen MR) is 83.2 cm³/mol. The fourth-order valence-electron chi connectivity index (χ4n) is 3.35. The molecule has 0 aromatic heterocycles. The van der Waals surface area contributed by atoms with Gasteiger partial charge in [-0.15, -0.1) is 0 Å². The van der Waals surface area contributed by atoms with Gasteiger partial charge < -0.3 is 9.64 Å². The summed E-state index contributed by atoms with van der Waals surface area (Å²) in [5, 5.41) is 0. The minimum absolute atomic E-state index is 0.0247. The summed E-state index contributed by atoms with van der Waals surface area (Å²) in [6.07, 6.45) is -0.133. The van der Waals surface area contributed by atoms with Crippen LogP contribution in [0, 0.1) is 11.7 Å². The summed E-state index contributed by atoms with van der Waals surface area (Å²) in [6, 6.07) is 5.98. The van der Waals surface area contributed by atoms with Gasteiger partial charge in [-0.2, -0.15) is 0 Å². The Bertz CT molecular complexity index is 706. The Kier molecular flexibility index (Phi) is 4.42. The van der Waals surface area contributed by atoms with Crippen molar-refractivity contribution in [3.63, 3.8) is 0 Å². The number of amides is 1. The van der Waals surface area contributed by atoms with E-state index in [1.165, 1.54) is 6.07 Å². The first-order chi connectivity index (χ1) is 10.9. The molecule has 0 N–H and O–H groups in total. The normalized spacial score (nSPS) is 27.5. The molecular weight excluding hydrogens is 321 g/mol. The molecule has 5 nitrogen and oxygen atoms in total. The van der Waals surface area contributed by atoms with Crippen molar-refractivity contribution >= 4 is 15.7 Å². The first-order valence-corrected chi connectivity index (χ1v) is 9.55. The lowest BCUT2D eigenvalue weighted by atomic mass is 9.98. The number of hydrogen-bond acceptors (Lipinski definition) is 4. The number of morpholine rings is 1. The molecule has 1 aromatic rings. The second kappa shape index (κ2) is 6.20. The van der Waals surface area contributed by atoms with Crippen molar-refractivity contribution in [3.05, 3.63) is 35.6 Å². The summed E-state index contributed by atoms with van der Waals surface area (Å²) in [7, 11) is -3.17. The summed E-state index contributed by atoms with van der Waals surface area (Å²) < 4.78 is 42.9. The number of ether oxygens (including phenoxy) is 1. The van der Waals surface area contributed by atoms with E-state index in [2.05, 4.69) is 0 Å². The van der Waals surface area contributed by atoms with E-state index in [9.17, 15) is 17.6 Å². The maximum absolute atomic E-state index is 13.7. The zero-order chi connectivity index (χ0) is 16.6. The van der Waals surface area contributed by atoms with Gasteiger partial charge in [-0.05, 0) is 18.1 Å². The number of halogens is 1. The number of rotatable bonds is 3. The van der Waals surface area contributed by atoms with Crippen molar-refractivity contribution in [2.24, 2.45) is 5.92 Å². The quantitative estimate of drug-likeness (QED) is 0.824. The molecule has 2 saturated heterocycles. The summed E-state index contributed by atoms with van der Waals surface area (Å²) in [4.78, 5) is 14.3. The van der Waals surface area contributed by atoms with Gasteiger partial charge in [0.25, 0.3) is 0 Å². The van der Waals surface area contributed by atoms with E-state index >= 15 is 0 Å². The Morgan fingerprint density at radius 3 is 2.87 bits per heavy atom. The summed E-state index contributed by atoms with van der Waals surface area (Å²) in [6.45, 7) is 2.48. The summed E-state index contributed by atoms with van der Waals surface area (Å²) >= 11 is 0. The van der Waals surface area contributed by atoms with Crippen LogP contribution in [0.5, 0.6) is 0 Å². The van der Waals surface area contributed by atoms with Crippen molar-refractivity contribution in [2.75, 3.05) is 24.7 Å². The highest BCUT2D eigenvalue weighted by atomic mass is 32.2. The molecule has 2 aliphatic rings. The van der Waals surface area contributed by atoms with Crippen LogP contribution in [-0.4, -0.2) is 56.0 Å². The van der Waals surface area contributed by atoms with E-state index < -0.39 is 27.9 Å². The van der Waals surface area contributed by atoms with Gasteiger partial charge in [-0.3, -0.25) is 4.79 Å². The largest absolute Gasteiger partial charge is 0.373 e. The molecule has 0 spiro atoms. The molecule has 0 bridgehead atoms. The van der Waals surface area contributed by atoms with E-state index in [0.717, 1.165) is 0 Å². The monoisotopic (exact) mass is 341 g/mol. The van der Waals surface area contributed by atoms with Crippen LogP contribution in [0.2, 0.25) is 0 Å². The van der Waals surface area contributed by atoms with Crippen LogP contribution in [0.15, 0.2) is 24.3 Å². The molecule has 3 atom stereocenters. The lowest BCUT2D eigenvalue weighted by Crippen LogP contribution is -2.54. The Labute approximate surface area is 135 Å². The van der Waals surface area contributed by atoms with Gasteiger partial charge in [-0.25, -0.2) is 12.8 Å². The third-order valence-corrected chi connectivity index (χ3v) is 6.21. The minimum Gasteiger partial charge on any atom is -0.373 e. The Balaban J connectivity index is 1.73. The second-order valence-electron chi connectivity index (χ2n) is 6.28. The summed E-state index contributed by atoms with van der Waals surface area (Å²) in [5.74, 6) is -0.938. The van der Waals surface area contributed by atoms with Crippen LogP contribution in [-0.2, 0) is 25.8 Å². The smallest absolute Gasteiger partial charge is 0.226 e. The Morgan fingerprint density at radius 2 is 2.13 bits per heavy atom. The average Bonchev–Trinajstić information content (AvgIpc) is 2.82. The number of carbonyl (C=O) groups is 1. The van der Waals surface area contributed by atoms with Crippen LogP contribution in [0.1, 0.15) is 12.5 Å². The van der Waals surface area contributed by atoms with Gasteiger partial charge in [-0.1, -0.05) is 25.1 Å². The first-order valence-electron chi connectivity index (χ1n) is 7.73. The number of fused-ring (bicyclic) bond motifs is 1. The molecule has 1 amide bonds. The molecule has 2 fully saturated rings. The van der Waals surface area contributed by atoms with Crippen LogP contribution in [0.4, 0.5) is 4.39 Å². The summed E-state index contributed by atoms with van der Waals surface area (Å²) in [5.41, 5.74) is 0.497. The highest BCUT2D eigenvalue weighted by Crippen LogP contribution is 2.26. The fraction of sp³-hybridized carbons (Fsp3) is 0.562. The zero-order valence-corrected chi connectivity index (χ0v) is 13.8. The maximum Gasteiger partial charge on any atom is 0.226 e. The number of nitrogens with zero attached hydrogens (tertiary/aromatic N) is 1. The molecule has 7 heteroatoms. The van der Waals surface area contributed by atoms with Crippen molar-refractivity contribution in [2.45, 2.75) is 25.5 Å². The molecule has 23 heavy (non-hydrogen) atoms. The van der Waals surface area contributed by atoms with Crippen molar-refractivity contribution in [3.8, 4) is 0 Å². The van der Waals surface area contributed by atoms with Gasteiger partial charge in [0.15, 0.2) is 9.84 Å². The SMILES string of the molecule is CC(Cc1ccccc1F)C(=O)N1CCOC2CS(=O)(=O)CC21. The number of sulfone groups is 1. The van der Waals surface area contributed by atoms with Crippen molar-refractivity contribution in [1.29, 1.82) is 0 Å². The van der Waals surface area contributed by atoms with Crippen molar-refractivity contribution in [1.82, 2.24) is 4.90 Å². The molecule has 2 aliphatic heterocycles. The van der Waals surface area contributed by atoms with Gasteiger partial charge in [0, 0.05) is 12.5 Å². The van der Waals surface area contributed by atoms with Gasteiger partial charge >= 0.3 is 0 Å². The lowest BCUT2D eigenvalue weighted by Gasteiger charge is -2.38. The van der Waals surface area contributed by atoms with E-state index in [0.29, 0.717) is 25.1 Å². The Hall–Kier alpha value is -1.47. The van der Waals surface area contributed by atoms with Crippen LogP contribution in [0.3, 0.4) is 0 Å². The second-order valence-corrected chi connectivity index (χ2v) is 8.44. The van der Waals surface area contributed by atoms with Crippen LogP contribution >= 0.6 is 0 Å². The van der Waals surface area contributed by atoms with Gasteiger partial charge in [0.05, 0.1) is 30.3 Å². The molecule has 0 radical (unpaired) electrons. The predicted octanol–water partition coefficient (Wildman–Crippen LogP) is 1.03. The average molecular weight is 341 g/mol. The van der Waals surface area contributed by atoms with Crippen LogP contribution in [0.25, 0.3) is 0 Å². The third-order valence-electron chi connectivity index (χ3n) is 4.53. The number of hydrogen-bond donors (Lipinski definition) is 0. The molecule has 0 aliphatic carbocycles. The molecule has 126 valence electrons. The third kappa shape index (κ3) is 3.40. The van der Waals surface area contributed by atoms with Crippen LogP contribution < -0.4 is 0 Å². The highest BCUT2D eigenvalue weighted by molar-refractivity contribution is 7.91. The first kappa shape index (κ1) is 16.4. The molecular formula is C16H20FNO4S. The molecule has 2 heterocycles. The standard InChI is InChI=1S/C16H20FNO4S/c1-11(8-12-4-2-3-5-13(12)17)16(19)18-6-7-22-15-10-23(20,21)9-14(15)18/h2-5,11,14-15H,6-10H2,1H3. The molecule has 1 aromatic carbocycles. The van der Waals surface area contributed by atoms with E-state index in [1.807, 2.05) is 0 Å². The fourth-order valence-corrected chi connectivity index (χ4v) is 5.22. The van der Waals surface area contributed by atoms with Crippen molar-refractivity contribution < 1.29 is 22.3 Å². The molecule has 3 unspecified atom stereocenters. The minimum atomic E-state index is -3.17. The highest BCUT2D eigenvalue weighted by Gasteiger charge is 2.46. The van der Waals surface area contributed by atoms with Gasteiger partial charge in [0.2, 0.25) is 5.91 Å². The lowest BCUT2D eigenvalue weighted by molar-refractivity contribution is -0.146. The number of carbonyl (C=O) groups excluding carboxylic acids is 1. The number of benzene rings is 1. The molecule has 3 rings (SSSR count). The topological polar surface area (TPSA) is 63.7 Å². The van der Waals surface area contributed by atoms with E-state index in [-0.39, 0.29) is 23.2 Å². The van der Waals surface area contributed by atoms with E-state index in [1.54, 1.807) is 30.0 Å².